The molecule has 1 heterocycles. The van der Waals surface area contributed by atoms with Crippen molar-refractivity contribution in [3.05, 3.63) is 40.0 Å². The van der Waals surface area contributed by atoms with Crippen molar-refractivity contribution in [2.45, 2.75) is 19.8 Å². The fraction of sp³-hybridized carbons (Fsp3) is 0.286. The van der Waals surface area contributed by atoms with E-state index in [-0.39, 0.29) is 0 Å². The van der Waals surface area contributed by atoms with Gasteiger partial charge in [0.05, 0.1) is 5.02 Å². The van der Waals surface area contributed by atoms with Crippen molar-refractivity contribution >= 4 is 29.0 Å². The van der Waals surface area contributed by atoms with Crippen molar-refractivity contribution in [2.75, 3.05) is 12.4 Å². The van der Waals surface area contributed by atoms with Gasteiger partial charge in [-0.05, 0) is 24.6 Å². The van der Waals surface area contributed by atoms with E-state index in [1.54, 1.807) is 18.2 Å². The lowest BCUT2D eigenvalue weighted by molar-refractivity contribution is 0.876. The number of rotatable bonds is 4. The number of aromatic nitrogens is 2. The second-order valence-electron chi connectivity index (χ2n) is 4.19. The molecule has 0 atom stereocenters. The Kier molecular flexibility index (Phi) is 4.61. The molecule has 1 aromatic carbocycles. The first kappa shape index (κ1) is 14.1. The number of halogens is 2. The molecule has 100 valence electrons. The SMILES string of the molecule is CCCc1cc(NC)nc(-c2cc(Cl)ccc2Cl)n1. The second kappa shape index (κ2) is 6.22. The molecular weight excluding hydrogens is 281 g/mol. The van der Waals surface area contributed by atoms with Gasteiger partial charge in [-0.1, -0.05) is 36.5 Å². The van der Waals surface area contributed by atoms with Crippen LogP contribution < -0.4 is 5.32 Å². The summed E-state index contributed by atoms with van der Waals surface area (Å²) in [5.74, 6) is 1.38. The zero-order valence-corrected chi connectivity index (χ0v) is 12.4. The number of aryl methyl sites for hydroxylation is 1. The van der Waals surface area contributed by atoms with E-state index in [4.69, 9.17) is 23.2 Å². The van der Waals surface area contributed by atoms with Gasteiger partial charge >= 0.3 is 0 Å². The maximum Gasteiger partial charge on any atom is 0.163 e. The Labute approximate surface area is 123 Å². The molecule has 0 aliphatic heterocycles. The summed E-state index contributed by atoms with van der Waals surface area (Å²) in [6, 6.07) is 7.25. The van der Waals surface area contributed by atoms with Crippen molar-refractivity contribution < 1.29 is 0 Å². The van der Waals surface area contributed by atoms with E-state index in [0.717, 1.165) is 29.9 Å². The second-order valence-corrected chi connectivity index (χ2v) is 5.04. The van der Waals surface area contributed by atoms with Gasteiger partial charge in [0.1, 0.15) is 5.82 Å². The molecule has 0 aliphatic carbocycles. The van der Waals surface area contributed by atoms with Crippen LogP contribution >= 0.6 is 23.2 Å². The van der Waals surface area contributed by atoms with Crippen LogP contribution in [0.15, 0.2) is 24.3 Å². The first-order chi connectivity index (χ1) is 9.13. The largest absolute Gasteiger partial charge is 0.373 e. The van der Waals surface area contributed by atoms with Crippen molar-refractivity contribution in [1.82, 2.24) is 9.97 Å². The molecule has 19 heavy (non-hydrogen) atoms. The molecule has 0 bridgehead atoms. The van der Waals surface area contributed by atoms with E-state index in [1.807, 2.05) is 13.1 Å². The van der Waals surface area contributed by atoms with Gasteiger partial charge in [0.15, 0.2) is 5.82 Å². The van der Waals surface area contributed by atoms with Crippen LogP contribution in [0.1, 0.15) is 19.0 Å². The molecule has 0 fully saturated rings. The molecule has 0 amide bonds. The highest BCUT2D eigenvalue weighted by Crippen LogP contribution is 2.29. The first-order valence-corrected chi connectivity index (χ1v) is 6.90. The highest BCUT2D eigenvalue weighted by Gasteiger charge is 2.10. The molecular formula is C14H15Cl2N3. The molecule has 3 nitrogen and oxygen atoms in total. The third-order valence-electron chi connectivity index (χ3n) is 2.71. The molecule has 0 spiro atoms. The van der Waals surface area contributed by atoms with Gasteiger partial charge in [0.25, 0.3) is 0 Å². The zero-order valence-electron chi connectivity index (χ0n) is 10.9. The minimum atomic E-state index is 0.597. The zero-order chi connectivity index (χ0) is 13.8. The lowest BCUT2D eigenvalue weighted by Gasteiger charge is -2.09. The van der Waals surface area contributed by atoms with Crippen LogP contribution in [0.4, 0.5) is 5.82 Å². The predicted molar refractivity (Wildman–Crippen MR) is 81.0 cm³/mol. The average molecular weight is 296 g/mol. The third kappa shape index (κ3) is 3.37. The number of benzene rings is 1. The van der Waals surface area contributed by atoms with Crippen molar-refractivity contribution in [3.63, 3.8) is 0 Å². The predicted octanol–water partition coefficient (Wildman–Crippen LogP) is 4.44. The third-order valence-corrected chi connectivity index (χ3v) is 3.28. The van der Waals surface area contributed by atoms with Crippen LogP contribution in [0.5, 0.6) is 0 Å². The molecule has 5 heteroatoms. The maximum atomic E-state index is 6.20. The van der Waals surface area contributed by atoms with Gasteiger partial charge in [0.2, 0.25) is 0 Å². The summed E-state index contributed by atoms with van der Waals surface area (Å²) in [6.45, 7) is 2.12. The number of hydrogen-bond donors (Lipinski definition) is 1. The summed E-state index contributed by atoms with van der Waals surface area (Å²) in [7, 11) is 1.83. The van der Waals surface area contributed by atoms with Crippen LogP contribution in [0.3, 0.4) is 0 Å². The van der Waals surface area contributed by atoms with Gasteiger partial charge in [-0.3, -0.25) is 0 Å². The van der Waals surface area contributed by atoms with Crippen LogP contribution in [-0.2, 0) is 6.42 Å². The summed E-state index contributed by atoms with van der Waals surface area (Å²) in [5.41, 5.74) is 1.75. The van der Waals surface area contributed by atoms with E-state index in [1.165, 1.54) is 0 Å². The monoisotopic (exact) mass is 295 g/mol. The van der Waals surface area contributed by atoms with Gasteiger partial charge in [-0.25, -0.2) is 9.97 Å². The highest BCUT2D eigenvalue weighted by molar-refractivity contribution is 6.35. The Bertz CT molecular complexity index is 585. The molecule has 0 saturated carbocycles. The molecule has 0 radical (unpaired) electrons. The highest BCUT2D eigenvalue weighted by atomic mass is 35.5. The van der Waals surface area contributed by atoms with Gasteiger partial charge < -0.3 is 5.32 Å². The van der Waals surface area contributed by atoms with Crippen LogP contribution in [0.2, 0.25) is 10.0 Å². The summed E-state index contributed by atoms with van der Waals surface area (Å²) >= 11 is 12.2. The van der Waals surface area contributed by atoms with Crippen molar-refractivity contribution in [1.29, 1.82) is 0 Å². The van der Waals surface area contributed by atoms with Crippen molar-refractivity contribution in [2.24, 2.45) is 0 Å². The Morgan fingerprint density at radius 2 is 1.95 bits per heavy atom. The van der Waals surface area contributed by atoms with Crippen LogP contribution in [0, 0.1) is 0 Å². The number of nitrogens with one attached hydrogen (secondary N) is 1. The van der Waals surface area contributed by atoms with E-state index in [9.17, 15) is 0 Å². The van der Waals surface area contributed by atoms with Gasteiger partial charge in [0, 0.05) is 29.4 Å². The summed E-state index contributed by atoms with van der Waals surface area (Å²) in [6.07, 6.45) is 1.94. The normalized spacial score (nSPS) is 10.5. The smallest absolute Gasteiger partial charge is 0.163 e. The minimum Gasteiger partial charge on any atom is -0.373 e. The average Bonchev–Trinajstić information content (AvgIpc) is 2.41. The Morgan fingerprint density at radius 3 is 2.63 bits per heavy atom. The standard InChI is InChI=1S/C14H15Cl2N3/c1-3-4-10-8-13(17-2)19-14(18-10)11-7-9(15)5-6-12(11)16/h5-8H,3-4H2,1-2H3,(H,17,18,19). The summed E-state index contributed by atoms with van der Waals surface area (Å²) in [5, 5.41) is 4.26. The molecule has 0 saturated heterocycles. The van der Waals surface area contributed by atoms with Gasteiger partial charge in [-0.2, -0.15) is 0 Å². The van der Waals surface area contributed by atoms with Crippen LogP contribution in [-0.4, -0.2) is 17.0 Å². The van der Waals surface area contributed by atoms with E-state index in [2.05, 4.69) is 22.2 Å². The van der Waals surface area contributed by atoms with E-state index >= 15 is 0 Å². The quantitative estimate of drug-likeness (QED) is 0.906. The van der Waals surface area contributed by atoms with E-state index < -0.39 is 0 Å². The van der Waals surface area contributed by atoms with Gasteiger partial charge in [-0.15, -0.1) is 0 Å². The molecule has 0 aliphatic rings. The van der Waals surface area contributed by atoms with Crippen molar-refractivity contribution in [3.8, 4) is 11.4 Å². The first-order valence-electron chi connectivity index (χ1n) is 6.15. The lowest BCUT2D eigenvalue weighted by atomic mass is 10.2. The lowest BCUT2D eigenvalue weighted by Crippen LogP contribution is -2.01. The Morgan fingerprint density at radius 1 is 1.16 bits per heavy atom. The fourth-order valence-electron chi connectivity index (χ4n) is 1.80. The molecule has 0 unspecified atom stereocenters. The fourth-order valence-corrected chi connectivity index (χ4v) is 2.17. The number of anilines is 1. The van der Waals surface area contributed by atoms with Crippen LogP contribution in [0.25, 0.3) is 11.4 Å². The maximum absolute atomic E-state index is 6.20. The molecule has 1 N–H and O–H groups in total. The number of hydrogen-bond acceptors (Lipinski definition) is 3. The number of nitrogens with zero attached hydrogens (tertiary/aromatic N) is 2. The Hall–Kier alpha value is -1.32. The molecule has 1 aromatic heterocycles. The van der Waals surface area contributed by atoms with E-state index in [0.29, 0.717) is 15.9 Å². The molecule has 2 rings (SSSR count). The summed E-state index contributed by atoms with van der Waals surface area (Å²) in [4.78, 5) is 8.99. The topological polar surface area (TPSA) is 37.8 Å². The Balaban J connectivity index is 2.54. The molecule has 2 aromatic rings. The minimum absolute atomic E-state index is 0.597. The summed E-state index contributed by atoms with van der Waals surface area (Å²) < 4.78 is 0.